The highest BCUT2D eigenvalue weighted by Gasteiger charge is 2.33. The molecular formula is C14H21N5O2. The third-order valence-corrected chi connectivity index (χ3v) is 3.72. The maximum atomic E-state index is 12.2. The molecule has 1 atom stereocenters. The van der Waals surface area contributed by atoms with Gasteiger partial charge in [0.15, 0.2) is 0 Å². The van der Waals surface area contributed by atoms with Gasteiger partial charge in [-0.3, -0.25) is 9.59 Å². The lowest BCUT2D eigenvalue weighted by molar-refractivity contribution is -0.137. The molecule has 0 spiro atoms. The molecule has 0 aromatic carbocycles. The van der Waals surface area contributed by atoms with Crippen molar-refractivity contribution in [1.82, 2.24) is 15.2 Å². The number of hydrogen-bond acceptors (Lipinski definition) is 5. The highest BCUT2D eigenvalue weighted by atomic mass is 16.2. The maximum absolute atomic E-state index is 12.2. The van der Waals surface area contributed by atoms with Crippen molar-refractivity contribution in [2.75, 3.05) is 18.8 Å². The quantitative estimate of drug-likeness (QED) is 0.694. The zero-order chi connectivity index (χ0) is 15.4. The Bertz CT molecular complexity index is 546. The fraction of sp³-hybridized carbons (Fsp3) is 0.500. The SMILES string of the molecule is Cc1nc(N)ccc1CNC(=O)[C@@H]1CCCN1C(=O)CN. The van der Waals surface area contributed by atoms with Crippen LogP contribution in [0.3, 0.4) is 0 Å². The van der Waals surface area contributed by atoms with E-state index in [2.05, 4.69) is 10.3 Å². The molecule has 0 bridgehead atoms. The van der Waals surface area contributed by atoms with Gasteiger partial charge in [0.05, 0.1) is 6.54 Å². The van der Waals surface area contributed by atoms with Crippen molar-refractivity contribution in [3.05, 3.63) is 23.4 Å². The second-order valence-electron chi connectivity index (χ2n) is 5.15. The first-order valence-corrected chi connectivity index (χ1v) is 7.02. The summed E-state index contributed by atoms with van der Waals surface area (Å²) < 4.78 is 0. The van der Waals surface area contributed by atoms with Crippen LogP contribution >= 0.6 is 0 Å². The van der Waals surface area contributed by atoms with Crippen LogP contribution in [-0.2, 0) is 16.1 Å². The van der Waals surface area contributed by atoms with E-state index >= 15 is 0 Å². The third-order valence-electron chi connectivity index (χ3n) is 3.72. The number of nitrogens with zero attached hydrogens (tertiary/aromatic N) is 2. The maximum Gasteiger partial charge on any atom is 0.243 e. The van der Waals surface area contributed by atoms with Crippen molar-refractivity contribution in [1.29, 1.82) is 0 Å². The summed E-state index contributed by atoms with van der Waals surface area (Å²) in [6.45, 7) is 2.75. The first kappa shape index (κ1) is 15.2. The molecule has 2 rings (SSSR count). The van der Waals surface area contributed by atoms with Crippen molar-refractivity contribution in [3.63, 3.8) is 0 Å². The summed E-state index contributed by atoms with van der Waals surface area (Å²) >= 11 is 0. The highest BCUT2D eigenvalue weighted by molar-refractivity contribution is 5.88. The first-order chi connectivity index (χ1) is 10.0. The van der Waals surface area contributed by atoms with Crippen LogP contribution in [0.2, 0.25) is 0 Å². The number of nitrogens with two attached hydrogens (primary N) is 2. The summed E-state index contributed by atoms with van der Waals surface area (Å²) in [5.41, 5.74) is 12.7. The number of nitrogens with one attached hydrogen (secondary N) is 1. The average Bonchev–Trinajstić information content (AvgIpc) is 2.94. The number of anilines is 1. The summed E-state index contributed by atoms with van der Waals surface area (Å²) in [6, 6.07) is 3.13. The van der Waals surface area contributed by atoms with E-state index in [-0.39, 0.29) is 18.4 Å². The molecule has 1 saturated heterocycles. The Balaban J connectivity index is 1.96. The number of hydrogen-bond donors (Lipinski definition) is 3. The number of likely N-dealkylation sites (tertiary alicyclic amines) is 1. The lowest BCUT2D eigenvalue weighted by atomic mass is 10.1. The van der Waals surface area contributed by atoms with Gasteiger partial charge < -0.3 is 21.7 Å². The first-order valence-electron chi connectivity index (χ1n) is 7.02. The number of carbonyl (C=O) groups is 2. The Hall–Kier alpha value is -2.15. The van der Waals surface area contributed by atoms with Crippen LogP contribution in [0.1, 0.15) is 24.1 Å². The summed E-state index contributed by atoms with van der Waals surface area (Å²) in [5, 5.41) is 2.86. The molecule has 7 nitrogen and oxygen atoms in total. The minimum atomic E-state index is -0.414. The standard InChI is InChI=1S/C14H21N5O2/c1-9-10(4-5-12(16)18-9)8-17-14(21)11-3-2-6-19(11)13(20)7-15/h4-5,11H,2-3,6-8,15H2,1H3,(H2,16,18)(H,17,21)/t11-/m0/s1. The van der Waals surface area contributed by atoms with Gasteiger partial charge in [-0.25, -0.2) is 4.98 Å². The number of aromatic nitrogens is 1. The summed E-state index contributed by atoms with van der Waals surface area (Å²) in [6.07, 6.45) is 1.50. The van der Waals surface area contributed by atoms with E-state index in [9.17, 15) is 9.59 Å². The average molecular weight is 291 g/mol. The molecule has 1 aliphatic rings. The van der Waals surface area contributed by atoms with E-state index < -0.39 is 6.04 Å². The number of carbonyl (C=O) groups excluding carboxylic acids is 2. The van der Waals surface area contributed by atoms with Gasteiger partial charge in [0.1, 0.15) is 11.9 Å². The lowest BCUT2D eigenvalue weighted by Crippen LogP contribution is -2.47. The molecule has 0 unspecified atom stereocenters. The van der Waals surface area contributed by atoms with Gasteiger partial charge in [0.25, 0.3) is 0 Å². The lowest BCUT2D eigenvalue weighted by Gasteiger charge is -2.23. The van der Waals surface area contributed by atoms with Crippen LogP contribution in [0.5, 0.6) is 0 Å². The molecule has 1 aromatic heterocycles. The Labute approximate surface area is 123 Å². The summed E-state index contributed by atoms with van der Waals surface area (Å²) in [4.78, 5) is 29.6. The zero-order valence-electron chi connectivity index (χ0n) is 12.1. The minimum absolute atomic E-state index is 0.0647. The summed E-state index contributed by atoms with van der Waals surface area (Å²) in [5.74, 6) is 0.126. The molecule has 2 amide bonds. The van der Waals surface area contributed by atoms with Gasteiger partial charge in [0.2, 0.25) is 11.8 Å². The number of aryl methyl sites for hydroxylation is 1. The van der Waals surface area contributed by atoms with Crippen LogP contribution in [0.25, 0.3) is 0 Å². The van der Waals surface area contributed by atoms with Crippen LogP contribution in [0, 0.1) is 6.92 Å². The van der Waals surface area contributed by atoms with Gasteiger partial charge >= 0.3 is 0 Å². The molecule has 7 heteroatoms. The monoisotopic (exact) mass is 291 g/mol. The molecule has 0 radical (unpaired) electrons. The van der Waals surface area contributed by atoms with E-state index in [1.54, 1.807) is 11.0 Å². The van der Waals surface area contributed by atoms with Crippen LogP contribution in [0.15, 0.2) is 12.1 Å². The predicted molar refractivity (Wildman–Crippen MR) is 79.0 cm³/mol. The molecule has 0 saturated carbocycles. The highest BCUT2D eigenvalue weighted by Crippen LogP contribution is 2.17. The third kappa shape index (κ3) is 3.49. The second kappa shape index (κ2) is 6.53. The van der Waals surface area contributed by atoms with Gasteiger partial charge in [0, 0.05) is 18.8 Å². The Morgan fingerprint density at radius 1 is 1.48 bits per heavy atom. The molecule has 5 N–H and O–H groups in total. The van der Waals surface area contributed by atoms with Gasteiger partial charge in [-0.1, -0.05) is 6.07 Å². The Kier molecular flexibility index (Phi) is 4.74. The normalized spacial score (nSPS) is 17.8. The van der Waals surface area contributed by atoms with E-state index in [1.807, 2.05) is 13.0 Å². The second-order valence-corrected chi connectivity index (χ2v) is 5.15. The van der Waals surface area contributed by atoms with Gasteiger partial charge in [-0.2, -0.15) is 0 Å². The minimum Gasteiger partial charge on any atom is -0.384 e. The van der Waals surface area contributed by atoms with Crippen molar-refractivity contribution >= 4 is 17.6 Å². The van der Waals surface area contributed by atoms with E-state index in [0.717, 1.165) is 17.7 Å². The number of nitrogen functional groups attached to an aromatic ring is 1. The van der Waals surface area contributed by atoms with Crippen molar-refractivity contribution < 1.29 is 9.59 Å². The van der Waals surface area contributed by atoms with Crippen LogP contribution < -0.4 is 16.8 Å². The van der Waals surface area contributed by atoms with Crippen molar-refractivity contribution in [2.45, 2.75) is 32.4 Å². The topological polar surface area (TPSA) is 114 Å². The molecule has 2 heterocycles. The number of pyridine rings is 1. The molecule has 114 valence electrons. The smallest absolute Gasteiger partial charge is 0.243 e. The largest absolute Gasteiger partial charge is 0.384 e. The predicted octanol–water partition coefficient (Wildman–Crippen LogP) is -0.462. The molecule has 1 aromatic rings. The number of rotatable bonds is 4. The van der Waals surface area contributed by atoms with Crippen LogP contribution in [-0.4, -0.2) is 40.8 Å². The van der Waals surface area contributed by atoms with Crippen LogP contribution in [0.4, 0.5) is 5.82 Å². The van der Waals surface area contributed by atoms with Gasteiger partial charge in [-0.15, -0.1) is 0 Å². The Morgan fingerprint density at radius 2 is 2.24 bits per heavy atom. The molecule has 0 aliphatic carbocycles. The van der Waals surface area contributed by atoms with Crippen molar-refractivity contribution in [3.8, 4) is 0 Å². The number of amides is 2. The fourth-order valence-corrected chi connectivity index (χ4v) is 2.55. The van der Waals surface area contributed by atoms with Crippen molar-refractivity contribution in [2.24, 2.45) is 5.73 Å². The summed E-state index contributed by atoms with van der Waals surface area (Å²) in [7, 11) is 0. The zero-order valence-corrected chi connectivity index (χ0v) is 12.1. The Morgan fingerprint density at radius 3 is 2.90 bits per heavy atom. The van der Waals surface area contributed by atoms with E-state index in [1.165, 1.54) is 0 Å². The molecular weight excluding hydrogens is 270 g/mol. The molecule has 1 aliphatic heterocycles. The van der Waals surface area contributed by atoms with E-state index in [4.69, 9.17) is 11.5 Å². The fourth-order valence-electron chi connectivity index (χ4n) is 2.55. The van der Waals surface area contributed by atoms with E-state index in [0.29, 0.717) is 25.3 Å². The van der Waals surface area contributed by atoms with Gasteiger partial charge in [-0.05, 0) is 31.4 Å². The molecule has 1 fully saturated rings. The molecule has 21 heavy (non-hydrogen) atoms.